The Hall–Kier alpha value is -2.73. The Bertz CT molecular complexity index is 909. The monoisotopic (exact) mass is 353 g/mol. The quantitative estimate of drug-likeness (QED) is 0.750. The first-order valence-electron chi connectivity index (χ1n) is 8.69. The van der Waals surface area contributed by atoms with Gasteiger partial charge >= 0.3 is 0 Å². The van der Waals surface area contributed by atoms with Gasteiger partial charge in [0.2, 0.25) is 0 Å². The van der Waals surface area contributed by atoms with E-state index >= 15 is 0 Å². The van der Waals surface area contributed by atoms with E-state index in [-0.39, 0.29) is 11.9 Å². The van der Waals surface area contributed by atoms with E-state index in [0.29, 0.717) is 12.3 Å². The summed E-state index contributed by atoms with van der Waals surface area (Å²) in [4.78, 5) is 8.77. The van der Waals surface area contributed by atoms with Crippen molar-refractivity contribution in [3.8, 4) is 16.9 Å². The molecule has 1 aliphatic heterocycles. The molecule has 2 aromatic carbocycles. The number of hydrogen-bond donors (Lipinski definition) is 1. The molecule has 0 amide bonds. The van der Waals surface area contributed by atoms with E-state index in [1.165, 1.54) is 18.5 Å². The van der Waals surface area contributed by atoms with Crippen molar-refractivity contribution in [2.75, 3.05) is 25.6 Å². The van der Waals surface area contributed by atoms with Crippen molar-refractivity contribution >= 4 is 16.7 Å². The fourth-order valence-corrected chi connectivity index (χ4v) is 3.26. The van der Waals surface area contributed by atoms with Gasteiger partial charge in [0.1, 0.15) is 29.2 Å². The van der Waals surface area contributed by atoms with Crippen LogP contribution in [0.1, 0.15) is 12.8 Å². The molecule has 1 saturated heterocycles. The zero-order chi connectivity index (χ0) is 17.9. The third kappa shape index (κ3) is 3.32. The third-order valence-corrected chi connectivity index (χ3v) is 4.62. The average molecular weight is 353 g/mol. The van der Waals surface area contributed by atoms with Crippen molar-refractivity contribution in [3.63, 3.8) is 0 Å². The fraction of sp³-hybridized carbons (Fsp3) is 0.300. The van der Waals surface area contributed by atoms with Crippen molar-refractivity contribution in [2.45, 2.75) is 18.9 Å². The van der Waals surface area contributed by atoms with Crippen molar-refractivity contribution in [2.24, 2.45) is 0 Å². The Kier molecular flexibility index (Phi) is 4.67. The Morgan fingerprint density at radius 3 is 2.77 bits per heavy atom. The normalized spacial score (nSPS) is 16.8. The Morgan fingerprint density at radius 2 is 2.04 bits per heavy atom. The SMILES string of the molecule is COc1cc(-c2ccc(F)cc2)cc2c(NC[C@@H]3CCCO3)ncnc12. The van der Waals surface area contributed by atoms with E-state index in [1.54, 1.807) is 19.2 Å². The smallest absolute Gasteiger partial charge is 0.145 e. The van der Waals surface area contributed by atoms with Gasteiger partial charge in [0, 0.05) is 18.5 Å². The molecule has 1 N–H and O–H groups in total. The number of rotatable bonds is 5. The molecule has 4 rings (SSSR count). The maximum atomic E-state index is 13.2. The van der Waals surface area contributed by atoms with Crippen LogP contribution in [0.2, 0.25) is 0 Å². The summed E-state index contributed by atoms with van der Waals surface area (Å²) >= 11 is 0. The largest absolute Gasteiger partial charge is 0.494 e. The lowest BCUT2D eigenvalue weighted by Crippen LogP contribution is -2.19. The summed E-state index contributed by atoms with van der Waals surface area (Å²) < 4.78 is 24.4. The van der Waals surface area contributed by atoms with Crippen LogP contribution in [-0.4, -0.2) is 36.3 Å². The number of methoxy groups -OCH3 is 1. The van der Waals surface area contributed by atoms with E-state index in [1.807, 2.05) is 12.1 Å². The summed E-state index contributed by atoms with van der Waals surface area (Å²) in [6.07, 6.45) is 3.89. The van der Waals surface area contributed by atoms with Crippen LogP contribution < -0.4 is 10.1 Å². The number of ether oxygens (including phenoxy) is 2. The van der Waals surface area contributed by atoms with Crippen LogP contribution in [0.25, 0.3) is 22.0 Å². The molecule has 3 aromatic rings. The lowest BCUT2D eigenvalue weighted by molar-refractivity contribution is 0.120. The third-order valence-electron chi connectivity index (χ3n) is 4.62. The fourth-order valence-electron chi connectivity index (χ4n) is 3.26. The maximum absolute atomic E-state index is 13.2. The van der Waals surface area contributed by atoms with Crippen molar-refractivity contribution in [1.82, 2.24) is 9.97 Å². The highest BCUT2D eigenvalue weighted by atomic mass is 19.1. The summed E-state index contributed by atoms with van der Waals surface area (Å²) in [6, 6.07) is 10.3. The van der Waals surface area contributed by atoms with Crippen LogP contribution in [0, 0.1) is 5.82 Å². The molecule has 0 aliphatic carbocycles. The Balaban J connectivity index is 1.74. The van der Waals surface area contributed by atoms with Crippen LogP contribution in [0.4, 0.5) is 10.2 Å². The molecule has 1 aromatic heterocycles. The van der Waals surface area contributed by atoms with Gasteiger partial charge in [-0.2, -0.15) is 0 Å². The molecule has 1 aliphatic rings. The second-order valence-corrected chi connectivity index (χ2v) is 6.32. The first kappa shape index (κ1) is 16.7. The molecule has 0 bridgehead atoms. The Labute approximate surface area is 151 Å². The summed E-state index contributed by atoms with van der Waals surface area (Å²) in [5.41, 5.74) is 2.56. The zero-order valence-corrected chi connectivity index (χ0v) is 14.5. The maximum Gasteiger partial charge on any atom is 0.145 e. The van der Waals surface area contributed by atoms with Gasteiger partial charge in [0.25, 0.3) is 0 Å². The molecule has 6 heteroatoms. The van der Waals surface area contributed by atoms with Gasteiger partial charge in [-0.15, -0.1) is 0 Å². The highest BCUT2D eigenvalue weighted by molar-refractivity contribution is 5.96. The number of nitrogens with zero attached hydrogens (tertiary/aromatic N) is 2. The topological polar surface area (TPSA) is 56.3 Å². The number of benzene rings is 2. The first-order chi connectivity index (χ1) is 12.7. The standard InChI is InChI=1S/C20H20FN3O2/c1-25-18-10-14(13-4-6-15(21)7-5-13)9-17-19(18)23-12-24-20(17)22-11-16-3-2-8-26-16/h4-7,9-10,12,16H,2-3,8,11H2,1H3,(H,22,23,24)/t16-/m0/s1. The van der Waals surface area contributed by atoms with Gasteiger partial charge in [-0.05, 0) is 48.2 Å². The summed E-state index contributed by atoms with van der Waals surface area (Å²) in [5, 5.41) is 4.24. The predicted molar refractivity (Wildman–Crippen MR) is 98.9 cm³/mol. The van der Waals surface area contributed by atoms with Gasteiger partial charge in [0.15, 0.2) is 0 Å². The van der Waals surface area contributed by atoms with Gasteiger partial charge in [-0.25, -0.2) is 14.4 Å². The minimum atomic E-state index is -0.260. The van der Waals surface area contributed by atoms with Crippen LogP contribution in [0.5, 0.6) is 5.75 Å². The molecular weight excluding hydrogens is 333 g/mol. The number of nitrogens with one attached hydrogen (secondary N) is 1. The van der Waals surface area contributed by atoms with Gasteiger partial charge in [-0.3, -0.25) is 0 Å². The van der Waals surface area contributed by atoms with E-state index in [2.05, 4.69) is 15.3 Å². The minimum Gasteiger partial charge on any atom is -0.494 e. The van der Waals surface area contributed by atoms with Crippen molar-refractivity contribution in [3.05, 3.63) is 48.5 Å². The molecule has 0 radical (unpaired) electrons. The predicted octanol–water partition coefficient (Wildman–Crippen LogP) is 4.04. The lowest BCUT2D eigenvalue weighted by atomic mass is 10.0. The first-order valence-corrected chi connectivity index (χ1v) is 8.69. The minimum absolute atomic E-state index is 0.210. The molecule has 0 unspecified atom stereocenters. The average Bonchev–Trinajstić information content (AvgIpc) is 3.19. The van der Waals surface area contributed by atoms with Crippen LogP contribution in [0.3, 0.4) is 0 Å². The number of fused-ring (bicyclic) bond motifs is 1. The van der Waals surface area contributed by atoms with Crippen molar-refractivity contribution in [1.29, 1.82) is 0 Å². The molecule has 0 saturated carbocycles. The number of aromatic nitrogens is 2. The van der Waals surface area contributed by atoms with Crippen molar-refractivity contribution < 1.29 is 13.9 Å². The molecule has 5 nitrogen and oxygen atoms in total. The number of hydrogen-bond acceptors (Lipinski definition) is 5. The lowest BCUT2D eigenvalue weighted by Gasteiger charge is -2.15. The summed E-state index contributed by atoms with van der Waals surface area (Å²) in [5.74, 6) is 1.14. The van der Waals surface area contributed by atoms with E-state index < -0.39 is 0 Å². The highest BCUT2D eigenvalue weighted by Crippen LogP contribution is 2.34. The summed E-state index contributed by atoms with van der Waals surface area (Å²) in [7, 11) is 1.62. The van der Waals surface area contributed by atoms with Gasteiger partial charge in [0.05, 0.1) is 13.2 Å². The highest BCUT2D eigenvalue weighted by Gasteiger charge is 2.17. The van der Waals surface area contributed by atoms with E-state index in [9.17, 15) is 4.39 Å². The van der Waals surface area contributed by atoms with E-state index in [4.69, 9.17) is 9.47 Å². The Morgan fingerprint density at radius 1 is 1.19 bits per heavy atom. The molecule has 1 atom stereocenters. The second-order valence-electron chi connectivity index (χ2n) is 6.32. The van der Waals surface area contributed by atoms with E-state index in [0.717, 1.165) is 47.3 Å². The molecular formula is C20H20FN3O2. The molecule has 0 spiro atoms. The molecule has 2 heterocycles. The van der Waals surface area contributed by atoms with Crippen LogP contribution >= 0.6 is 0 Å². The molecule has 134 valence electrons. The number of anilines is 1. The molecule has 26 heavy (non-hydrogen) atoms. The zero-order valence-electron chi connectivity index (χ0n) is 14.5. The molecule has 1 fully saturated rings. The van der Waals surface area contributed by atoms with Crippen LogP contribution in [0.15, 0.2) is 42.7 Å². The van der Waals surface area contributed by atoms with Gasteiger partial charge < -0.3 is 14.8 Å². The summed E-state index contributed by atoms with van der Waals surface area (Å²) in [6.45, 7) is 1.52. The van der Waals surface area contributed by atoms with Crippen LogP contribution in [-0.2, 0) is 4.74 Å². The second kappa shape index (κ2) is 7.25. The van der Waals surface area contributed by atoms with Gasteiger partial charge in [-0.1, -0.05) is 12.1 Å². The number of halogens is 1.